The van der Waals surface area contributed by atoms with Crippen LogP contribution in [0.1, 0.15) is 42.4 Å². The van der Waals surface area contributed by atoms with Crippen molar-refractivity contribution >= 4 is 5.97 Å². The fourth-order valence-corrected chi connectivity index (χ4v) is 2.61. The maximum absolute atomic E-state index is 11.0. The van der Waals surface area contributed by atoms with Gasteiger partial charge in [-0.05, 0) is 42.4 Å². The number of aryl methyl sites for hydroxylation is 2. The Morgan fingerprint density at radius 1 is 1.33 bits per heavy atom. The standard InChI is InChI=1S/C15H17NO2/c1-10(14(9-16)15(17)18)12-7-6-11-4-2-3-5-13(11)8-12/h6-8,10,14H,2-5H2,1H3,(H,17,18). The number of nitrogens with zero attached hydrogens (tertiary/aromatic N) is 1. The third-order valence-corrected chi connectivity index (χ3v) is 3.80. The van der Waals surface area contributed by atoms with Crippen molar-refractivity contribution in [1.82, 2.24) is 0 Å². The molecule has 2 atom stereocenters. The smallest absolute Gasteiger partial charge is 0.321 e. The first-order valence-corrected chi connectivity index (χ1v) is 6.37. The molecule has 2 unspecified atom stereocenters. The summed E-state index contributed by atoms with van der Waals surface area (Å²) in [5.74, 6) is -2.27. The quantitative estimate of drug-likeness (QED) is 0.887. The average molecular weight is 243 g/mol. The Balaban J connectivity index is 2.28. The van der Waals surface area contributed by atoms with Gasteiger partial charge in [0, 0.05) is 5.92 Å². The molecule has 3 nitrogen and oxygen atoms in total. The number of aliphatic carboxylic acids is 1. The molecule has 0 radical (unpaired) electrons. The number of carboxylic acid groups (broad SMARTS) is 1. The van der Waals surface area contributed by atoms with Gasteiger partial charge in [-0.3, -0.25) is 4.79 Å². The monoisotopic (exact) mass is 243 g/mol. The average Bonchev–Trinajstić information content (AvgIpc) is 2.38. The first-order chi connectivity index (χ1) is 8.63. The lowest BCUT2D eigenvalue weighted by atomic mass is 9.84. The van der Waals surface area contributed by atoms with E-state index >= 15 is 0 Å². The van der Waals surface area contributed by atoms with Crippen molar-refractivity contribution in [3.05, 3.63) is 34.9 Å². The second-order valence-corrected chi connectivity index (χ2v) is 4.97. The van der Waals surface area contributed by atoms with Crippen LogP contribution in [0.2, 0.25) is 0 Å². The lowest BCUT2D eigenvalue weighted by Gasteiger charge is -2.20. The first kappa shape index (κ1) is 12.6. The summed E-state index contributed by atoms with van der Waals surface area (Å²) in [6.45, 7) is 1.81. The number of hydrogen-bond acceptors (Lipinski definition) is 2. The molecule has 1 aliphatic carbocycles. The largest absolute Gasteiger partial charge is 0.480 e. The second-order valence-electron chi connectivity index (χ2n) is 4.97. The van der Waals surface area contributed by atoms with Gasteiger partial charge in [-0.1, -0.05) is 25.1 Å². The summed E-state index contributed by atoms with van der Waals surface area (Å²) in [5, 5.41) is 18.0. The molecule has 18 heavy (non-hydrogen) atoms. The number of carbonyl (C=O) groups is 1. The van der Waals surface area contributed by atoms with Crippen LogP contribution >= 0.6 is 0 Å². The predicted molar refractivity (Wildman–Crippen MR) is 68.2 cm³/mol. The molecule has 1 N–H and O–H groups in total. The van der Waals surface area contributed by atoms with Gasteiger partial charge >= 0.3 is 5.97 Å². The Bertz CT molecular complexity index is 502. The minimum absolute atomic E-state index is 0.264. The summed E-state index contributed by atoms with van der Waals surface area (Å²) in [7, 11) is 0. The third kappa shape index (κ3) is 2.38. The summed E-state index contributed by atoms with van der Waals surface area (Å²) in [4.78, 5) is 11.0. The van der Waals surface area contributed by atoms with Crippen molar-refractivity contribution in [1.29, 1.82) is 5.26 Å². The van der Waals surface area contributed by atoms with Crippen LogP contribution in [0, 0.1) is 17.2 Å². The first-order valence-electron chi connectivity index (χ1n) is 6.37. The number of rotatable bonds is 3. The molecule has 0 bridgehead atoms. The number of carboxylic acids is 1. The molecule has 0 aromatic heterocycles. The third-order valence-electron chi connectivity index (χ3n) is 3.80. The molecular formula is C15H17NO2. The van der Waals surface area contributed by atoms with E-state index in [4.69, 9.17) is 10.4 Å². The number of hydrogen-bond donors (Lipinski definition) is 1. The van der Waals surface area contributed by atoms with Gasteiger partial charge in [0.1, 0.15) is 5.92 Å². The van der Waals surface area contributed by atoms with E-state index in [1.165, 1.54) is 24.0 Å². The highest BCUT2D eigenvalue weighted by atomic mass is 16.4. The van der Waals surface area contributed by atoms with E-state index in [-0.39, 0.29) is 5.92 Å². The zero-order chi connectivity index (χ0) is 13.1. The van der Waals surface area contributed by atoms with E-state index in [1.54, 1.807) is 0 Å². The maximum atomic E-state index is 11.0. The van der Waals surface area contributed by atoms with E-state index in [1.807, 2.05) is 19.1 Å². The molecule has 1 aromatic carbocycles. The van der Waals surface area contributed by atoms with Crippen LogP contribution in [0.15, 0.2) is 18.2 Å². The van der Waals surface area contributed by atoms with Crippen LogP contribution in [-0.2, 0) is 17.6 Å². The zero-order valence-corrected chi connectivity index (χ0v) is 10.5. The molecule has 1 aromatic rings. The van der Waals surface area contributed by atoms with Gasteiger partial charge < -0.3 is 5.11 Å². The van der Waals surface area contributed by atoms with Crippen molar-refractivity contribution in [2.45, 2.75) is 38.5 Å². The lowest BCUT2D eigenvalue weighted by Crippen LogP contribution is -2.18. The van der Waals surface area contributed by atoms with E-state index in [0.717, 1.165) is 18.4 Å². The maximum Gasteiger partial charge on any atom is 0.321 e. The highest BCUT2D eigenvalue weighted by Crippen LogP contribution is 2.29. The van der Waals surface area contributed by atoms with Crippen LogP contribution in [0.4, 0.5) is 0 Å². The van der Waals surface area contributed by atoms with Crippen LogP contribution in [0.25, 0.3) is 0 Å². The SMILES string of the molecule is CC(c1ccc2c(c1)CCCC2)C(C#N)C(=O)O. The van der Waals surface area contributed by atoms with Crippen LogP contribution in [0.3, 0.4) is 0 Å². The highest BCUT2D eigenvalue weighted by molar-refractivity contribution is 5.74. The van der Waals surface area contributed by atoms with Gasteiger partial charge in [-0.2, -0.15) is 5.26 Å². The van der Waals surface area contributed by atoms with E-state index in [0.29, 0.717) is 0 Å². The minimum Gasteiger partial charge on any atom is -0.480 e. The molecule has 0 spiro atoms. The molecule has 0 fully saturated rings. The number of fused-ring (bicyclic) bond motifs is 1. The molecule has 0 saturated heterocycles. The minimum atomic E-state index is -1.04. The summed E-state index contributed by atoms with van der Waals surface area (Å²) >= 11 is 0. The summed E-state index contributed by atoms with van der Waals surface area (Å²) in [6.07, 6.45) is 4.62. The van der Waals surface area contributed by atoms with Crippen molar-refractivity contribution in [3.63, 3.8) is 0 Å². The molecule has 3 heteroatoms. The van der Waals surface area contributed by atoms with Gasteiger partial charge in [0.2, 0.25) is 0 Å². The molecule has 2 rings (SSSR count). The fraction of sp³-hybridized carbons (Fsp3) is 0.467. The van der Waals surface area contributed by atoms with Gasteiger partial charge in [0.15, 0.2) is 0 Å². The Morgan fingerprint density at radius 3 is 2.61 bits per heavy atom. The van der Waals surface area contributed by atoms with E-state index in [9.17, 15) is 4.79 Å². The molecule has 94 valence electrons. The van der Waals surface area contributed by atoms with E-state index in [2.05, 4.69) is 12.1 Å². The van der Waals surface area contributed by atoms with Gasteiger partial charge in [0.05, 0.1) is 6.07 Å². The van der Waals surface area contributed by atoms with Crippen molar-refractivity contribution in [2.75, 3.05) is 0 Å². The molecule has 1 aliphatic rings. The summed E-state index contributed by atoms with van der Waals surface area (Å²) < 4.78 is 0. The summed E-state index contributed by atoms with van der Waals surface area (Å²) in [6, 6.07) is 8.04. The Labute approximate surface area is 107 Å². The fourth-order valence-electron chi connectivity index (χ4n) is 2.61. The Kier molecular flexibility index (Phi) is 3.66. The highest BCUT2D eigenvalue weighted by Gasteiger charge is 2.26. The molecule has 0 saturated carbocycles. The van der Waals surface area contributed by atoms with Gasteiger partial charge in [-0.25, -0.2) is 0 Å². The van der Waals surface area contributed by atoms with Crippen LogP contribution in [0.5, 0.6) is 0 Å². The molecular weight excluding hydrogens is 226 g/mol. The van der Waals surface area contributed by atoms with Crippen molar-refractivity contribution in [2.24, 2.45) is 5.92 Å². The number of nitriles is 1. The van der Waals surface area contributed by atoms with Gasteiger partial charge in [0.25, 0.3) is 0 Å². The zero-order valence-electron chi connectivity index (χ0n) is 10.5. The van der Waals surface area contributed by atoms with E-state index < -0.39 is 11.9 Å². The topological polar surface area (TPSA) is 61.1 Å². The second kappa shape index (κ2) is 5.22. The Morgan fingerprint density at radius 2 is 2.00 bits per heavy atom. The normalized spacial score (nSPS) is 17.3. The van der Waals surface area contributed by atoms with Crippen molar-refractivity contribution < 1.29 is 9.90 Å². The summed E-state index contributed by atoms with van der Waals surface area (Å²) in [5.41, 5.74) is 3.67. The van der Waals surface area contributed by atoms with Gasteiger partial charge in [-0.15, -0.1) is 0 Å². The predicted octanol–water partition coefficient (Wildman–Crippen LogP) is 2.89. The lowest BCUT2D eigenvalue weighted by molar-refractivity contribution is -0.140. The Hall–Kier alpha value is -1.82. The molecule has 0 heterocycles. The molecule has 0 aliphatic heterocycles. The van der Waals surface area contributed by atoms with Crippen LogP contribution in [-0.4, -0.2) is 11.1 Å². The van der Waals surface area contributed by atoms with Crippen LogP contribution < -0.4 is 0 Å². The molecule has 0 amide bonds. The van der Waals surface area contributed by atoms with Crippen molar-refractivity contribution in [3.8, 4) is 6.07 Å². The number of benzene rings is 1.